The molecule has 5 unspecified atom stereocenters. The first-order valence-electron chi connectivity index (χ1n) is 10.0. The molecule has 5 amide bonds. The van der Waals surface area contributed by atoms with Crippen LogP contribution in [0.4, 0.5) is 0 Å². The number of carboxylic acids is 2. The predicted octanol–water partition coefficient (Wildman–Crippen LogP) is -4.76. The third-order valence-electron chi connectivity index (χ3n) is 4.44. The second kappa shape index (κ2) is 14.4. The number of nitrogens with two attached hydrogens (primary N) is 3. The summed E-state index contributed by atoms with van der Waals surface area (Å²) in [4.78, 5) is 81.8. The Morgan fingerprint density at radius 3 is 1.56 bits per heavy atom. The van der Waals surface area contributed by atoms with Crippen LogP contribution in [0.2, 0.25) is 0 Å². The van der Waals surface area contributed by atoms with Crippen LogP contribution in [0.5, 0.6) is 0 Å². The van der Waals surface area contributed by atoms with Crippen molar-refractivity contribution >= 4 is 41.5 Å². The van der Waals surface area contributed by atoms with E-state index in [4.69, 9.17) is 22.3 Å². The molecule has 0 heterocycles. The second-order valence-electron chi connectivity index (χ2n) is 7.40. The second-order valence-corrected chi connectivity index (χ2v) is 7.40. The Labute approximate surface area is 193 Å². The SMILES string of the molecule is CC(O)C(N)C(=O)NC(CC(=O)O)C(=O)NC(CCC(N)=O)C(=O)NC(CCC(N)=O)C(=O)O. The number of hydrogen-bond donors (Lipinski definition) is 9. The van der Waals surface area contributed by atoms with Crippen molar-refractivity contribution in [1.82, 2.24) is 16.0 Å². The van der Waals surface area contributed by atoms with Crippen molar-refractivity contribution in [3.05, 3.63) is 0 Å². The highest BCUT2D eigenvalue weighted by Crippen LogP contribution is 2.04. The van der Waals surface area contributed by atoms with Crippen LogP contribution in [-0.2, 0) is 33.6 Å². The first kappa shape index (κ1) is 30.2. The normalized spacial score (nSPS) is 15.0. The highest BCUT2D eigenvalue weighted by atomic mass is 16.4. The van der Waals surface area contributed by atoms with E-state index in [1.54, 1.807) is 0 Å². The Morgan fingerprint density at radius 1 is 0.735 bits per heavy atom. The Hall–Kier alpha value is -3.79. The molecule has 0 radical (unpaired) electrons. The van der Waals surface area contributed by atoms with Gasteiger partial charge in [0.1, 0.15) is 24.2 Å². The molecule has 0 rings (SSSR count). The van der Waals surface area contributed by atoms with E-state index in [-0.39, 0.29) is 12.8 Å². The summed E-state index contributed by atoms with van der Waals surface area (Å²) in [5, 5.41) is 33.9. The highest BCUT2D eigenvalue weighted by Gasteiger charge is 2.32. The molecule has 0 aliphatic heterocycles. The van der Waals surface area contributed by atoms with Crippen molar-refractivity contribution < 1.29 is 48.9 Å². The third kappa shape index (κ3) is 11.7. The topological polar surface area (TPSA) is 294 Å². The molecule has 16 nitrogen and oxygen atoms in total. The summed E-state index contributed by atoms with van der Waals surface area (Å²) in [7, 11) is 0. The van der Waals surface area contributed by atoms with Crippen molar-refractivity contribution in [2.24, 2.45) is 17.2 Å². The summed E-state index contributed by atoms with van der Waals surface area (Å²) in [6.07, 6.45) is -3.79. The van der Waals surface area contributed by atoms with Gasteiger partial charge in [0.05, 0.1) is 12.5 Å². The van der Waals surface area contributed by atoms with Gasteiger partial charge >= 0.3 is 11.9 Å². The number of amides is 5. The predicted molar refractivity (Wildman–Crippen MR) is 112 cm³/mol. The van der Waals surface area contributed by atoms with Crippen LogP contribution in [0.3, 0.4) is 0 Å². The summed E-state index contributed by atoms with van der Waals surface area (Å²) < 4.78 is 0. The summed E-state index contributed by atoms with van der Waals surface area (Å²) in [5.74, 6) is -7.96. The zero-order chi connectivity index (χ0) is 26.6. The number of carbonyl (C=O) groups excluding carboxylic acids is 5. The summed E-state index contributed by atoms with van der Waals surface area (Å²) in [6, 6.07) is -6.34. The van der Waals surface area contributed by atoms with E-state index >= 15 is 0 Å². The Kier molecular flexibility index (Phi) is 12.8. The van der Waals surface area contributed by atoms with Crippen LogP contribution >= 0.6 is 0 Å². The minimum Gasteiger partial charge on any atom is -0.481 e. The van der Waals surface area contributed by atoms with Crippen molar-refractivity contribution in [1.29, 1.82) is 0 Å². The summed E-state index contributed by atoms with van der Waals surface area (Å²) in [5.41, 5.74) is 15.5. The fourth-order valence-corrected chi connectivity index (χ4v) is 2.51. The van der Waals surface area contributed by atoms with Gasteiger partial charge < -0.3 is 48.5 Å². The molecule has 0 aromatic heterocycles. The monoisotopic (exact) mass is 490 g/mol. The molecule has 0 aliphatic rings. The van der Waals surface area contributed by atoms with Gasteiger partial charge in [0.25, 0.3) is 0 Å². The number of aliphatic carboxylic acids is 2. The van der Waals surface area contributed by atoms with Gasteiger partial charge in [0.15, 0.2) is 0 Å². The molecule has 0 aliphatic carbocycles. The smallest absolute Gasteiger partial charge is 0.326 e. The lowest BCUT2D eigenvalue weighted by molar-refractivity contribution is -0.143. The van der Waals surface area contributed by atoms with E-state index in [0.29, 0.717) is 0 Å². The lowest BCUT2D eigenvalue weighted by Gasteiger charge is -2.24. The first-order valence-corrected chi connectivity index (χ1v) is 10.0. The minimum atomic E-state index is -1.73. The van der Waals surface area contributed by atoms with Crippen LogP contribution in [0, 0.1) is 0 Å². The van der Waals surface area contributed by atoms with Crippen LogP contribution in [0.25, 0.3) is 0 Å². The lowest BCUT2D eigenvalue weighted by Crippen LogP contribution is -2.58. The molecule has 12 N–H and O–H groups in total. The maximum Gasteiger partial charge on any atom is 0.326 e. The van der Waals surface area contributed by atoms with E-state index in [2.05, 4.69) is 10.6 Å². The molecule has 192 valence electrons. The van der Waals surface area contributed by atoms with Gasteiger partial charge in [0, 0.05) is 12.8 Å². The van der Waals surface area contributed by atoms with Crippen molar-refractivity contribution in [2.75, 3.05) is 0 Å². The van der Waals surface area contributed by atoms with Crippen LogP contribution in [0.15, 0.2) is 0 Å². The number of carboxylic acid groups (broad SMARTS) is 2. The first-order chi connectivity index (χ1) is 15.6. The molecule has 0 spiro atoms. The van der Waals surface area contributed by atoms with Crippen molar-refractivity contribution in [3.63, 3.8) is 0 Å². The quantitative estimate of drug-likeness (QED) is 0.0988. The van der Waals surface area contributed by atoms with Crippen molar-refractivity contribution in [3.8, 4) is 0 Å². The van der Waals surface area contributed by atoms with Crippen molar-refractivity contribution in [2.45, 2.75) is 69.3 Å². The largest absolute Gasteiger partial charge is 0.481 e. The number of aliphatic hydroxyl groups is 1. The standard InChI is InChI=1S/C18H30N6O10/c1-7(25)14(21)17(32)24-10(6-13(28)29)16(31)22-8(2-4-11(19)26)15(30)23-9(18(33)34)3-5-12(20)27/h7-10,14,25H,2-6,21H2,1H3,(H2,19,26)(H2,20,27)(H,22,31)(H,23,30)(H,24,32)(H,28,29)(H,33,34). The maximum absolute atomic E-state index is 12.6. The van der Waals surface area contributed by atoms with E-state index < -0.39 is 91.0 Å². The van der Waals surface area contributed by atoms with E-state index in [1.165, 1.54) is 6.92 Å². The highest BCUT2D eigenvalue weighted by molar-refractivity contribution is 5.96. The van der Waals surface area contributed by atoms with Crippen LogP contribution in [-0.4, -0.2) is 87.1 Å². The van der Waals surface area contributed by atoms with Gasteiger partial charge in [-0.2, -0.15) is 0 Å². The van der Waals surface area contributed by atoms with Gasteiger partial charge in [-0.1, -0.05) is 0 Å². The fourth-order valence-electron chi connectivity index (χ4n) is 2.51. The summed E-state index contributed by atoms with van der Waals surface area (Å²) >= 11 is 0. The molecule has 5 atom stereocenters. The number of rotatable bonds is 16. The molecule has 16 heteroatoms. The minimum absolute atomic E-state index is 0.359. The molecule has 0 aromatic rings. The average molecular weight is 490 g/mol. The Bertz CT molecular complexity index is 802. The number of aliphatic hydroxyl groups excluding tert-OH is 1. The Balaban J connectivity index is 5.61. The molecule has 0 saturated carbocycles. The molecule has 0 fully saturated rings. The average Bonchev–Trinajstić information content (AvgIpc) is 2.71. The molecular formula is C18H30N6O10. The number of hydrogen-bond acceptors (Lipinski definition) is 9. The fraction of sp³-hybridized carbons (Fsp3) is 0.611. The molecular weight excluding hydrogens is 460 g/mol. The third-order valence-corrected chi connectivity index (χ3v) is 4.44. The van der Waals surface area contributed by atoms with Gasteiger partial charge in [-0.15, -0.1) is 0 Å². The molecule has 0 aromatic carbocycles. The Morgan fingerprint density at radius 2 is 1.15 bits per heavy atom. The molecule has 0 saturated heterocycles. The van der Waals surface area contributed by atoms with Crippen LogP contribution in [0.1, 0.15) is 39.0 Å². The van der Waals surface area contributed by atoms with Gasteiger partial charge in [0.2, 0.25) is 29.5 Å². The summed E-state index contributed by atoms with van der Waals surface area (Å²) in [6.45, 7) is 1.19. The molecule has 0 bridgehead atoms. The molecule has 34 heavy (non-hydrogen) atoms. The van der Waals surface area contributed by atoms with E-state index in [0.717, 1.165) is 0 Å². The van der Waals surface area contributed by atoms with Gasteiger partial charge in [-0.25, -0.2) is 4.79 Å². The zero-order valence-corrected chi connectivity index (χ0v) is 18.4. The van der Waals surface area contributed by atoms with Gasteiger partial charge in [-0.3, -0.25) is 28.8 Å². The van der Waals surface area contributed by atoms with E-state index in [9.17, 15) is 43.8 Å². The lowest BCUT2D eigenvalue weighted by atomic mass is 10.1. The number of primary amides is 2. The van der Waals surface area contributed by atoms with Gasteiger partial charge in [-0.05, 0) is 19.8 Å². The maximum atomic E-state index is 12.6. The zero-order valence-electron chi connectivity index (χ0n) is 18.4. The van der Waals surface area contributed by atoms with E-state index in [1.807, 2.05) is 5.32 Å². The number of carbonyl (C=O) groups is 7. The van der Waals surface area contributed by atoms with Crippen LogP contribution < -0.4 is 33.2 Å². The number of nitrogens with one attached hydrogen (secondary N) is 3.